The number of primary amides is 1. The Morgan fingerprint density at radius 1 is 1.17 bits per heavy atom. The number of hydrogen-bond donors (Lipinski definition) is 1. The van der Waals surface area contributed by atoms with E-state index in [2.05, 4.69) is 4.90 Å². The van der Waals surface area contributed by atoms with Crippen molar-refractivity contribution in [2.45, 2.75) is 51.2 Å². The minimum absolute atomic E-state index is 0.190. The van der Waals surface area contributed by atoms with Crippen LogP contribution in [0.2, 0.25) is 0 Å². The fraction of sp³-hybridized carbons (Fsp3) is 0.556. The largest absolute Gasteiger partial charge is 0.366 e. The van der Waals surface area contributed by atoms with Crippen molar-refractivity contribution < 1.29 is 9.59 Å². The van der Waals surface area contributed by atoms with Crippen molar-refractivity contribution in [1.82, 2.24) is 9.80 Å². The van der Waals surface area contributed by atoms with Crippen LogP contribution in [0, 0.1) is 0 Å². The van der Waals surface area contributed by atoms with E-state index in [1.807, 2.05) is 23.1 Å². The van der Waals surface area contributed by atoms with Gasteiger partial charge in [-0.3, -0.25) is 14.5 Å². The first-order valence-corrected chi connectivity index (χ1v) is 8.46. The minimum atomic E-state index is -0.386. The van der Waals surface area contributed by atoms with E-state index in [-0.39, 0.29) is 11.8 Å². The molecule has 0 spiro atoms. The molecule has 5 heteroatoms. The predicted octanol–water partition coefficient (Wildman–Crippen LogP) is 1.76. The highest BCUT2D eigenvalue weighted by atomic mass is 16.2. The van der Waals surface area contributed by atoms with E-state index in [9.17, 15) is 9.59 Å². The maximum absolute atomic E-state index is 11.9. The van der Waals surface area contributed by atoms with Gasteiger partial charge in [0.1, 0.15) is 0 Å². The van der Waals surface area contributed by atoms with Gasteiger partial charge in [-0.2, -0.15) is 0 Å². The maximum Gasteiger partial charge on any atom is 0.248 e. The summed E-state index contributed by atoms with van der Waals surface area (Å²) in [5.74, 6) is -0.196. The van der Waals surface area contributed by atoms with Crippen LogP contribution in [0.1, 0.15) is 48.5 Å². The molecule has 1 aromatic carbocycles. The number of likely N-dealkylation sites (tertiary alicyclic amines) is 2. The predicted molar refractivity (Wildman–Crippen MR) is 88.8 cm³/mol. The van der Waals surface area contributed by atoms with Crippen molar-refractivity contribution >= 4 is 11.8 Å². The van der Waals surface area contributed by atoms with Gasteiger partial charge >= 0.3 is 0 Å². The number of rotatable bonds is 4. The van der Waals surface area contributed by atoms with E-state index < -0.39 is 0 Å². The number of benzene rings is 1. The zero-order chi connectivity index (χ0) is 16.4. The third-order valence-corrected chi connectivity index (χ3v) is 5.16. The molecule has 2 fully saturated rings. The standard InChI is InChI=1S/C18H25N3O2/c1-13(22)21-10-4-8-17(21)16-7-3-9-20(16)12-14-5-2-6-15(11-14)18(19)23/h2,5-6,11,16-17H,3-4,7-10,12H2,1H3,(H2,19,23)/t16-,17-/m0/s1. The lowest BCUT2D eigenvalue weighted by molar-refractivity contribution is -0.130. The Labute approximate surface area is 137 Å². The highest BCUT2D eigenvalue weighted by Gasteiger charge is 2.38. The summed E-state index contributed by atoms with van der Waals surface area (Å²) in [6.45, 7) is 4.43. The van der Waals surface area contributed by atoms with E-state index in [1.54, 1.807) is 13.0 Å². The van der Waals surface area contributed by atoms with Gasteiger partial charge in [0.25, 0.3) is 0 Å². The zero-order valence-electron chi connectivity index (χ0n) is 13.7. The van der Waals surface area contributed by atoms with Crippen molar-refractivity contribution in [3.63, 3.8) is 0 Å². The molecule has 2 N–H and O–H groups in total. The maximum atomic E-state index is 11.9. The van der Waals surface area contributed by atoms with Crippen LogP contribution >= 0.6 is 0 Å². The summed E-state index contributed by atoms with van der Waals surface area (Å²) < 4.78 is 0. The summed E-state index contributed by atoms with van der Waals surface area (Å²) in [5, 5.41) is 0. The van der Waals surface area contributed by atoms with Crippen LogP contribution in [-0.2, 0) is 11.3 Å². The second-order valence-corrected chi connectivity index (χ2v) is 6.67. The molecular formula is C18H25N3O2. The monoisotopic (exact) mass is 315 g/mol. The quantitative estimate of drug-likeness (QED) is 0.920. The van der Waals surface area contributed by atoms with E-state index in [0.717, 1.165) is 44.5 Å². The summed E-state index contributed by atoms with van der Waals surface area (Å²) in [4.78, 5) is 27.7. The molecule has 0 unspecified atom stereocenters. The number of hydrogen-bond acceptors (Lipinski definition) is 3. The molecular weight excluding hydrogens is 290 g/mol. The fourth-order valence-electron chi connectivity index (χ4n) is 4.12. The molecule has 0 aromatic heterocycles. The number of carbonyl (C=O) groups is 2. The molecule has 0 radical (unpaired) electrons. The molecule has 2 saturated heterocycles. The molecule has 0 aliphatic carbocycles. The molecule has 2 amide bonds. The Morgan fingerprint density at radius 3 is 2.65 bits per heavy atom. The first-order chi connectivity index (χ1) is 11.1. The Bertz CT molecular complexity index is 602. The van der Waals surface area contributed by atoms with E-state index in [4.69, 9.17) is 5.73 Å². The van der Waals surface area contributed by atoms with Crippen LogP contribution in [0.3, 0.4) is 0 Å². The van der Waals surface area contributed by atoms with Gasteiger partial charge in [0, 0.05) is 37.7 Å². The van der Waals surface area contributed by atoms with Crippen LogP contribution < -0.4 is 5.73 Å². The Kier molecular flexibility index (Phi) is 4.66. The van der Waals surface area contributed by atoms with Crippen molar-refractivity contribution in [3.8, 4) is 0 Å². The average molecular weight is 315 g/mol. The van der Waals surface area contributed by atoms with Crippen LogP contribution in [0.5, 0.6) is 0 Å². The van der Waals surface area contributed by atoms with Crippen molar-refractivity contribution in [3.05, 3.63) is 35.4 Å². The summed E-state index contributed by atoms with van der Waals surface area (Å²) in [6.07, 6.45) is 4.51. The number of nitrogens with zero attached hydrogens (tertiary/aromatic N) is 2. The number of amides is 2. The molecule has 2 heterocycles. The van der Waals surface area contributed by atoms with Gasteiger partial charge in [-0.15, -0.1) is 0 Å². The Hall–Kier alpha value is -1.88. The molecule has 3 rings (SSSR count). The second kappa shape index (κ2) is 6.71. The summed E-state index contributed by atoms with van der Waals surface area (Å²) in [5.41, 5.74) is 7.04. The lowest BCUT2D eigenvalue weighted by atomic mass is 10.0. The fourth-order valence-corrected chi connectivity index (χ4v) is 4.12. The molecule has 5 nitrogen and oxygen atoms in total. The normalized spacial score (nSPS) is 25.0. The lowest BCUT2D eigenvalue weighted by Crippen LogP contribution is -2.47. The van der Waals surface area contributed by atoms with Crippen molar-refractivity contribution in [2.24, 2.45) is 5.73 Å². The molecule has 23 heavy (non-hydrogen) atoms. The summed E-state index contributed by atoms with van der Waals surface area (Å²) >= 11 is 0. The second-order valence-electron chi connectivity index (χ2n) is 6.67. The van der Waals surface area contributed by atoms with Gasteiger partial charge in [-0.05, 0) is 49.9 Å². The molecule has 0 saturated carbocycles. The Balaban J connectivity index is 1.73. The highest BCUT2D eigenvalue weighted by Crippen LogP contribution is 2.31. The van der Waals surface area contributed by atoms with Gasteiger partial charge in [-0.1, -0.05) is 12.1 Å². The van der Waals surface area contributed by atoms with Crippen LogP contribution in [0.4, 0.5) is 0 Å². The molecule has 1 aromatic rings. The molecule has 2 atom stereocenters. The van der Waals surface area contributed by atoms with Crippen molar-refractivity contribution in [2.75, 3.05) is 13.1 Å². The average Bonchev–Trinajstić information content (AvgIpc) is 3.15. The summed E-state index contributed by atoms with van der Waals surface area (Å²) in [6, 6.07) is 8.33. The third kappa shape index (κ3) is 3.39. The number of carbonyl (C=O) groups excluding carboxylic acids is 2. The van der Waals surface area contributed by atoms with Gasteiger partial charge in [0.15, 0.2) is 0 Å². The third-order valence-electron chi connectivity index (χ3n) is 5.16. The highest BCUT2D eigenvalue weighted by molar-refractivity contribution is 5.92. The van der Waals surface area contributed by atoms with E-state index >= 15 is 0 Å². The van der Waals surface area contributed by atoms with Gasteiger partial charge in [0.05, 0.1) is 0 Å². The van der Waals surface area contributed by atoms with Gasteiger partial charge < -0.3 is 10.6 Å². The molecule has 2 aliphatic heterocycles. The van der Waals surface area contributed by atoms with Crippen LogP contribution in [-0.4, -0.2) is 46.8 Å². The molecule has 2 aliphatic rings. The SMILES string of the molecule is CC(=O)N1CCC[C@H]1[C@@H]1CCCN1Cc1cccc(C(N)=O)c1. The summed E-state index contributed by atoms with van der Waals surface area (Å²) in [7, 11) is 0. The van der Waals surface area contributed by atoms with E-state index in [0.29, 0.717) is 17.6 Å². The van der Waals surface area contributed by atoms with Crippen LogP contribution in [0.15, 0.2) is 24.3 Å². The molecule has 124 valence electrons. The van der Waals surface area contributed by atoms with Crippen LogP contribution in [0.25, 0.3) is 0 Å². The first kappa shape index (κ1) is 16.0. The number of nitrogens with two attached hydrogens (primary N) is 1. The van der Waals surface area contributed by atoms with Gasteiger partial charge in [0.2, 0.25) is 11.8 Å². The zero-order valence-corrected chi connectivity index (χ0v) is 13.7. The smallest absolute Gasteiger partial charge is 0.248 e. The lowest BCUT2D eigenvalue weighted by Gasteiger charge is -2.34. The van der Waals surface area contributed by atoms with E-state index in [1.165, 1.54) is 6.42 Å². The topological polar surface area (TPSA) is 66.6 Å². The minimum Gasteiger partial charge on any atom is -0.366 e. The van der Waals surface area contributed by atoms with Crippen molar-refractivity contribution in [1.29, 1.82) is 0 Å². The Morgan fingerprint density at radius 2 is 1.91 bits per heavy atom. The molecule has 0 bridgehead atoms. The first-order valence-electron chi connectivity index (χ1n) is 8.46. The van der Waals surface area contributed by atoms with Gasteiger partial charge in [-0.25, -0.2) is 0 Å².